The molecule has 8 heteroatoms. The molecular formula is C24H38N4O4. The predicted octanol–water partition coefficient (Wildman–Crippen LogP) is 4.16. The molecule has 3 atom stereocenters. The molecule has 1 N–H and O–H groups in total. The highest BCUT2D eigenvalue weighted by molar-refractivity contribution is 5.89. The van der Waals surface area contributed by atoms with Crippen LogP contribution in [0.1, 0.15) is 47.5 Å². The van der Waals surface area contributed by atoms with Gasteiger partial charge in [-0.3, -0.25) is 0 Å². The lowest BCUT2D eigenvalue weighted by molar-refractivity contribution is -0.00522. The Hall–Kier alpha value is -2.48. The van der Waals surface area contributed by atoms with Crippen molar-refractivity contribution in [2.75, 3.05) is 43.4 Å². The van der Waals surface area contributed by atoms with Gasteiger partial charge < -0.3 is 29.5 Å². The molecule has 3 rings (SSSR count). The van der Waals surface area contributed by atoms with Gasteiger partial charge in [0.1, 0.15) is 5.60 Å². The van der Waals surface area contributed by atoms with Crippen LogP contribution in [0.3, 0.4) is 0 Å². The number of urea groups is 1. The van der Waals surface area contributed by atoms with Crippen LogP contribution in [-0.2, 0) is 9.47 Å². The lowest BCUT2D eigenvalue weighted by Gasteiger charge is -2.38. The van der Waals surface area contributed by atoms with Crippen molar-refractivity contribution in [1.29, 1.82) is 0 Å². The average Bonchev–Trinajstić information content (AvgIpc) is 2.72. The van der Waals surface area contributed by atoms with Crippen molar-refractivity contribution in [2.45, 2.75) is 71.3 Å². The number of likely N-dealkylation sites (tertiary alicyclic amines) is 1. The Balaban J connectivity index is 1.55. The van der Waals surface area contributed by atoms with Gasteiger partial charge in [0.25, 0.3) is 0 Å². The van der Waals surface area contributed by atoms with Gasteiger partial charge in [-0.05, 0) is 71.7 Å². The van der Waals surface area contributed by atoms with Gasteiger partial charge in [-0.1, -0.05) is 0 Å². The van der Waals surface area contributed by atoms with Crippen LogP contribution in [0.2, 0.25) is 0 Å². The fraction of sp³-hybridized carbons (Fsp3) is 0.667. The first-order chi connectivity index (χ1) is 15.0. The van der Waals surface area contributed by atoms with Gasteiger partial charge in [0.15, 0.2) is 0 Å². The van der Waals surface area contributed by atoms with E-state index < -0.39 is 5.60 Å². The number of hydrogen-bond donors (Lipinski definition) is 1. The third kappa shape index (κ3) is 6.51. The number of carbonyl (C=O) groups is 2. The summed E-state index contributed by atoms with van der Waals surface area (Å²) in [4.78, 5) is 31.0. The van der Waals surface area contributed by atoms with Gasteiger partial charge in [0, 0.05) is 44.6 Å². The molecular weight excluding hydrogens is 408 g/mol. The Morgan fingerprint density at radius 3 is 2.31 bits per heavy atom. The van der Waals surface area contributed by atoms with Gasteiger partial charge in [0.05, 0.1) is 18.2 Å². The molecule has 2 aliphatic heterocycles. The second-order valence-corrected chi connectivity index (χ2v) is 9.97. The number of morpholine rings is 1. The number of nitrogens with zero attached hydrogens (tertiary/aromatic N) is 3. The number of nitrogens with one attached hydrogen (secondary N) is 1. The molecule has 2 fully saturated rings. The summed E-state index contributed by atoms with van der Waals surface area (Å²) in [5, 5.41) is 3.00. The molecule has 2 saturated heterocycles. The summed E-state index contributed by atoms with van der Waals surface area (Å²) in [6.45, 7) is 12.6. The van der Waals surface area contributed by atoms with E-state index in [9.17, 15) is 9.59 Å². The van der Waals surface area contributed by atoms with E-state index in [1.165, 1.54) is 0 Å². The molecule has 0 aliphatic carbocycles. The number of ether oxygens (including phenoxy) is 2. The second-order valence-electron chi connectivity index (χ2n) is 9.97. The number of rotatable bonds is 3. The third-order valence-corrected chi connectivity index (χ3v) is 5.82. The molecule has 2 heterocycles. The van der Waals surface area contributed by atoms with Crippen LogP contribution in [-0.4, -0.2) is 79.0 Å². The van der Waals surface area contributed by atoms with Crippen molar-refractivity contribution in [3.63, 3.8) is 0 Å². The Labute approximate surface area is 191 Å². The van der Waals surface area contributed by atoms with E-state index in [4.69, 9.17) is 9.47 Å². The lowest BCUT2D eigenvalue weighted by Crippen LogP contribution is -2.52. The Kier molecular flexibility index (Phi) is 7.54. The second kappa shape index (κ2) is 9.98. The third-order valence-electron chi connectivity index (χ3n) is 5.82. The highest BCUT2D eigenvalue weighted by Gasteiger charge is 2.31. The Morgan fingerprint density at radius 1 is 1.09 bits per heavy atom. The van der Waals surface area contributed by atoms with Gasteiger partial charge >= 0.3 is 12.1 Å². The molecule has 32 heavy (non-hydrogen) atoms. The Morgan fingerprint density at radius 2 is 1.72 bits per heavy atom. The highest BCUT2D eigenvalue weighted by Crippen LogP contribution is 2.23. The summed E-state index contributed by atoms with van der Waals surface area (Å²) in [6.07, 6.45) is 1.74. The minimum absolute atomic E-state index is 0.0583. The molecule has 0 bridgehead atoms. The van der Waals surface area contributed by atoms with E-state index in [1.54, 1.807) is 16.8 Å². The number of piperidine rings is 1. The minimum atomic E-state index is -0.541. The number of carbonyl (C=O) groups excluding carboxylic acids is 2. The van der Waals surface area contributed by atoms with Gasteiger partial charge in [-0.25, -0.2) is 9.59 Å². The number of anilines is 2. The minimum Gasteiger partial charge on any atom is -0.444 e. The quantitative estimate of drug-likeness (QED) is 0.755. The average molecular weight is 447 g/mol. The highest BCUT2D eigenvalue weighted by atomic mass is 16.6. The van der Waals surface area contributed by atoms with Crippen molar-refractivity contribution in [3.8, 4) is 0 Å². The summed E-state index contributed by atoms with van der Waals surface area (Å²) in [5.41, 5.74) is 1.35. The summed E-state index contributed by atoms with van der Waals surface area (Å²) in [7, 11) is 1.74. The number of benzene rings is 1. The number of amides is 3. The predicted molar refractivity (Wildman–Crippen MR) is 126 cm³/mol. The maximum absolute atomic E-state index is 12.9. The van der Waals surface area contributed by atoms with Crippen molar-refractivity contribution >= 4 is 23.5 Å². The fourth-order valence-corrected chi connectivity index (χ4v) is 4.29. The number of hydrogen-bond acceptors (Lipinski definition) is 5. The van der Waals surface area contributed by atoms with Crippen LogP contribution < -0.4 is 10.2 Å². The van der Waals surface area contributed by atoms with Crippen LogP contribution in [0.5, 0.6) is 0 Å². The van der Waals surface area contributed by atoms with Gasteiger partial charge in [-0.2, -0.15) is 0 Å². The molecule has 0 aromatic heterocycles. The zero-order valence-corrected chi connectivity index (χ0v) is 20.3. The van der Waals surface area contributed by atoms with Crippen LogP contribution in [0.25, 0.3) is 0 Å². The summed E-state index contributed by atoms with van der Waals surface area (Å²) >= 11 is 0. The smallest absolute Gasteiger partial charge is 0.410 e. The standard InChI is InChI=1S/C24H38N4O4/c1-17-14-28(15-18(2)31-17)20-11-9-19(10-12-20)25-22(29)27-13-7-8-21(16-27)26(6)23(30)32-24(3,4)5/h9-12,17-18,21H,7-8,13-16H2,1-6H3,(H,25,29)/t17-,18-,21+/m1/s1. The van der Waals surface area contributed by atoms with Crippen LogP contribution >= 0.6 is 0 Å². The first kappa shape index (κ1) is 24.2. The molecule has 0 radical (unpaired) electrons. The maximum atomic E-state index is 12.9. The van der Waals surface area contributed by atoms with E-state index in [-0.39, 0.29) is 30.4 Å². The van der Waals surface area contributed by atoms with Crippen LogP contribution in [0.4, 0.5) is 21.0 Å². The number of likely N-dealkylation sites (N-methyl/N-ethyl adjacent to an activating group) is 1. The van der Waals surface area contributed by atoms with E-state index in [1.807, 2.05) is 45.0 Å². The first-order valence-electron chi connectivity index (χ1n) is 11.5. The van der Waals surface area contributed by atoms with Gasteiger partial charge in [0.2, 0.25) is 0 Å². The fourth-order valence-electron chi connectivity index (χ4n) is 4.29. The lowest BCUT2D eigenvalue weighted by atomic mass is 10.1. The molecule has 1 aromatic carbocycles. The topological polar surface area (TPSA) is 74.4 Å². The van der Waals surface area contributed by atoms with E-state index in [0.717, 1.165) is 37.3 Å². The van der Waals surface area contributed by atoms with E-state index >= 15 is 0 Å². The van der Waals surface area contributed by atoms with Crippen molar-refractivity contribution in [2.24, 2.45) is 0 Å². The van der Waals surface area contributed by atoms with Crippen LogP contribution in [0, 0.1) is 0 Å². The molecule has 1 aromatic rings. The zero-order valence-electron chi connectivity index (χ0n) is 20.3. The van der Waals surface area contributed by atoms with E-state index in [2.05, 4.69) is 24.1 Å². The molecule has 2 aliphatic rings. The molecule has 0 spiro atoms. The largest absolute Gasteiger partial charge is 0.444 e. The van der Waals surface area contributed by atoms with E-state index in [0.29, 0.717) is 13.1 Å². The van der Waals surface area contributed by atoms with Crippen molar-refractivity contribution in [1.82, 2.24) is 9.80 Å². The maximum Gasteiger partial charge on any atom is 0.410 e. The van der Waals surface area contributed by atoms with Crippen LogP contribution in [0.15, 0.2) is 24.3 Å². The van der Waals surface area contributed by atoms with Gasteiger partial charge in [-0.15, -0.1) is 0 Å². The summed E-state index contributed by atoms with van der Waals surface area (Å²) < 4.78 is 11.3. The molecule has 178 valence electrons. The van der Waals surface area contributed by atoms with Crippen molar-refractivity contribution < 1.29 is 19.1 Å². The molecule has 0 saturated carbocycles. The molecule has 8 nitrogen and oxygen atoms in total. The first-order valence-corrected chi connectivity index (χ1v) is 11.5. The molecule has 0 unspecified atom stereocenters. The monoisotopic (exact) mass is 446 g/mol. The Bertz CT molecular complexity index is 782. The SMILES string of the molecule is C[C@@H]1CN(c2ccc(NC(=O)N3CCC[C@H](N(C)C(=O)OC(C)(C)C)C3)cc2)C[C@@H](C)O1. The summed E-state index contributed by atoms with van der Waals surface area (Å²) in [6, 6.07) is 7.75. The van der Waals surface area contributed by atoms with Crippen molar-refractivity contribution in [3.05, 3.63) is 24.3 Å². The zero-order chi connectivity index (χ0) is 23.5. The normalized spacial score (nSPS) is 24.1. The summed E-state index contributed by atoms with van der Waals surface area (Å²) in [5.74, 6) is 0. The molecule has 3 amide bonds.